The molecule has 82 valence electrons. The fourth-order valence-electron chi connectivity index (χ4n) is 1.04. The van der Waals surface area contributed by atoms with E-state index in [2.05, 4.69) is 9.72 Å². The van der Waals surface area contributed by atoms with Crippen LogP contribution in [-0.2, 0) is 0 Å². The molecule has 4 N–H and O–H groups in total. The molecule has 15 heavy (non-hydrogen) atoms. The second-order valence-electron chi connectivity index (χ2n) is 2.67. The van der Waals surface area contributed by atoms with Crippen LogP contribution in [0.2, 0.25) is 0 Å². The topological polar surface area (TPSA) is 91.2 Å². The zero-order valence-electron chi connectivity index (χ0n) is 7.83. The molecule has 1 heterocycles. The molecular weight excluding hydrogens is 208 g/mol. The first-order valence-electron chi connectivity index (χ1n) is 3.89. The van der Waals surface area contributed by atoms with Crippen molar-refractivity contribution in [3.8, 4) is 5.75 Å². The first kappa shape index (κ1) is 11.2. The Hall–Kier alpha value is -1.92. The van der Waals surface area contributed by atoms with Gasteiger partial charge in [-0.05, 0) is 6.07 Å². The van der Waals surface area contributed by atoms with Gasteiger partial charge in [-0.2, -0.15) is 0 Å². The van der Waals surface area contributed by atoms with Gasteiger partial charge in [0.1, 0.15) is 11.6 Å². The van der Waals surface area contributed by atoms with E-state index in [0.717, 1.165) is 6.07 Å². The Morgan fingerprint density at radius 3 is 2.60 bits per heavy atom. The predicted octanol–water partition coefficient (Wildman–Crippen LogP) is 0.709. The number of alkyl halides is 2. The van der Waals surface area contributed by atoms with Crippen LogP contribution in [0, 0.1) is 0 Å². The smallest absolute Gasteiger partial charge is 0.284 e. The molecule has 1 aromatic heterocycles. The number of amides is 1. The van der Waals surface area contributed by atoms with Crippen molar-refractivity contribution >= 4 is 11.7 Å². The van der Waals surface area contributed by atoms with Crippen molar-refractivity contribution in [1.82, 2.24) is 4.98 Å². The van der Waals surface area contributed by atoms with Crippen molar-refractivity contribution in [2.24, 2.45) is 5.73 Å². The molecule has 0 aliphatic carbocycles. The number of anilines is 1. The first-order chi connectivity index (χ1) is 6.97. The molecule has 0 atom stereocenters. The number of ether oxygens (including phenoxy) is 1. The van der Waals surface area contributed by atoms with Gasteiger partial charge in [0.25, 0.3) is 12.3 Å². The van der Waals surface area contributed by atoms with Gasteiger partial charge in [0.05, 0.1) is 12.7 Å². The number of rotatable bonds is 3. The van der Waals surface area contributed by atoms with E-state index >= 15 is 0 Å². The summed E-state index contributed by atoms with van der Waals surface area (Å²) >= 11 is 0. The lowest BCUT2D eigenvalue weighted by Gasteiger charge is -2.09. The van der Waals surface area contributed by atoms with Crippen LogP contribution in [0.4, 0.5) is 14.6 Å². The second-order valence-corrected chi connectivity index (χ2v) is 2.67. The molecule has 1 amide bonds. The molecule has 0 fully saturated rings. The van der Waals surface area contributed by atoms with E-state index < -0.39 is 18.0 Å². The maximum atomic E-state index is 12.4. The number of nitrogens with zero attached hydrogens (tertiary/aromatic N) is 1. The Bertz CT molecular complexity index is 396. The van der Waals surface area contributed by atoms with E-state index in [-0.39, 0.29) is 17.1 Å². The summed E-state index contributed by atoms with van der Waals surface area (Å²) < 4.78 is 29.5. The van der Waals surface area contributed by atoms with Crippen LogP contribution in [0.15, 0.2) is 6.07 Å². The molecule has 5 nitrogen and oxygen atoms in total. The number of hydrogen-bond donors (Lipinski definition) is 2. The lowest BCUT2D eigenvalue weighted by Crippen LogP contribution is -2.15. The minimum absolute atomic E-state index is 0.142. The SMILES string of the molecule is COc1cc(C(N)=O)c(N)nc1C(F)F. The highest BCUT2D eigenvalue weighted by molar-refractivity contribution is 5.97. The van der Waals surface area contributed by atoms with Gasteiger partial charge in [0, 0.05) is 0 Å². The minimum atomic E-state index is -2.83. The number of nitrogens with two attached hydrogens (primary N) is 2. The fourth-order valence-corrected chi connectivity index (χ4v) is 1.04. The summed E-state index contributed by atoms with van der Waals surface area (Å²) in [5.41, 5.74) is 9.49. The van der Waals surface area contributed by atoms with Gasteiger partial charge in [-0.1, -0.05) is 0 Å². The Morgan fingerprint density at radius 2 is 2.20 bits per heavy atom. The van der Waals surface area contributed by atoms with Gasteiger partial charge in [0.15, 0.2) is 5.69 Å². The van der Waals surface area contributed by atoms with Crippen LogP contribution in [0.1, 0.15) is 22.5 Å². The van der Waals surface area contributed by atoms with Crippen molar-refractivity contribution in [1.29, 1.82) is 0 Å². The van der Waals surface area contributed by atoms with Gasteiger partial charge in [-0.15, -0.1) is 0 Å². The van der Waals surface area contributed by atoms with Crippen LogP contribution >= 0.6 is 0 Å². The maximum Gasteiger partial charge on any atom is 0.284 e. The molecular formula is C8H9F2N3O2. The average Bonchev–Trinajstić information content (AvgIpc) is 2.16. The molecule has 0 radical (unpaired) electrons. The summed E-state index contributed by atoms with van der Waals surface area (Å²) in [7, 11) is 1.18. The standard InChI is InChI=1S/C8H9F2N3O2/c1-15-4-2-3(8(12)14)7(11)13-5(4)6(9)10/h2,6H,1H3,(H2,11,13)(H2,12,14). The Balaban J connectivity index is 3.35. The molecule has 0 saturated heterocycles. The number of carbonyl (C=O) groups is 1. The number of methoxy groups -OCH3 is 1. The van der Waals surface area contributed by atoms with Crippen LogP contribution in [0.5, 0.6) is 5.75 Å². The van der Waals surface area contributed by atoms with Crippen molar-refractivity contribution in [2.45, 2.75) is 6.43 Å². The molecule has 0 bridgehead atoms. The first-order valence-corrected chi connectivity index (χ1v) is 3.89. The van der Waals surface area contributed by atoms with Crippen LogP contribution in [0.3, 0.4) is 0 Å². The number of halogens is 2. The normalized spacial score (nSPS) is 10.4. The number of nitrogen functional groups attached to an aromatic ring is 1. The molecule has 0 aliphatic heterocycles. The van der Waals surface area contributed by atoms with E-state index in [4.69, 9.17) is 11.5 Å². The third-order valence-corrected chi connectivity index (χ3v) is 1.74. The van der Waals surface area contributed by atoms with Gasteiger partial charge in [-0.25, -0.2) is 13.8 Å². The number of pyridine rings is 1. The highest BCUT2D eigenvalue weighted by Crippen LogP contribution is 2.29. The number of aromatic nitrogens is 1. The molecule has 0 unspecified atom stereocenters. The van der Waals surface area contributed by atoms with Crippen molar-refractivity contribution in [2.75, 3.05) is 12.8 Å². The number of primary amides is 1. The fraction of sp³-hybridized carbons (Fsp3) is 0.250. The Kier molecular flexibility index (Phi) is 3.03. The molecule has 1 rings (SSSR count). The summed E-state index contributed by atoms with van der Waals surface area (Å²) in [4.78, 5) is 14.2. The number of carbonyl (C=O) groups excluding carboxylic acids is 1. The van der Waals surface area contributed by atoms with Crippen LogP contribution in [-0.4, -0.2) is 18.0 Å². The second kappa shape index (κ2) is 4.07. The summed E-state index contributed by atoms with van der Waals surface area (Å²) in [6.07, 6.45) is -2.83. The Morgan fingerprint density at radius 1 is 1.60 bits per heavy atom. The molecule has 0 aromatic carbocycles. The molecule has 0 spiro atoms. The van der Waals surface area contributed by atoms with Crippen molar-refractivity contribution in [3.05, 3.63) is 17.3 Å². The zero-order valence-corrected chi connectivity index (χ0v) is 7.83. The highest BCUT2D eigenvalue weighted by atomic mass is 19.3. The zero-order chi connectivity index (χ0) is 11.6. The predicted molar refractivity (Wildman–Crippen MR) is 48.7 cm³/mol. The number of hydrogen-bond acceptors (Lipinski definition) is 4. The molecule has 0 saturated carbocycles. The van der Waals surface area contributed by atoms with Crippen LogP contribution in [0.25, 0.3) is 0 Å². The summed E-state index contributed by atoms with van der Waals surface area (Å²) in [5, 5.41) is 0. The molecule has 7 heteroatoms. The quantitative estimate of drug-likeness (QED) is 0.779. The van der Waals surface area contributed by atoms with E-state index in [1.54, 1.807) is 0 Å². The lowest BCUT2D eigenvalue weighted by molar-refractivity contribution is 0.0999. The minimum Gasteiger partial charge on any atom is -0.495 e. The van der Waals surface area contributed by atoms with E-state index in [0.29, 0.717) is 0 Å². The Labute approximate surface area is 84.0 Å². The maximum absolute atomic E-state index is 12.4. The van der Waals surface area contributed by atoms with Gasteiger partial charge in [-0.3, -0.25) is 4.79 Å². The third-order valence-electron chi connectivity index (χ3n) is 1.74. The third kappa shape index (κ3) is 2.12. The summed E-state index contributed by atoms with van der Waals surface area (Å²) in [6, 6.07) is 1.05. The van der Waals surface area contributed by atoms with E-state index in [1.807, 2.05) is 0 Å². The van der Waals surface area contributed by atoms with E-state index in [9.17, 15) is 13.6 Å². The largest absolute Gasteiger partial charge is 0.495 e. The van der Waals surface area contributed by atoms with Crippen molar-refractivity contribution < 1.29 is 18.3 Å². The van der Waals surface area contributed by atoms with Gasteiger partial charge >= 0.3 is 0 Å². The average molecular weight is 217 g/mol. The molecule has 0 aliphatic rings. The van der Waals surface area contributed by atoms with Crippen LogP contribution < -0.4 is 16.2 Å². The van der Waals surface area contributed by atoms with E-state index in [1.165, 1.54) is 7.11 Å². The lowest BCUT2D eigenvalue weighted by atomic mass is 10.2. The van der Waals surface area contributed by atoms with Gasteiger partial charge in [0.2, 0.25) is 0 Å². The monoisotopic (exact) mass is 217 g/mol. The van der Waals surface area contributed by atoms with Gasteiger partial charge < -0.3 is 16.2 Å². The van der Waals surface area contributed by atoms with Crippen molar-refractivity contribution in [3.63, 3.8) is 0 Å². The summed E-state index contributed by atoms with van der Waals surface area (Å²) in [5.74, 6) is -1.40. The highest BCUT2D eigenvalue weighted by Gasteiger charge is 2.20. The summed E-state index contributed by atoms with van der Waals surface area (Å²) in [6.45, 7) is 0. The molecule has 1 aromatic rings.